The van der Waals surface area contributed by atoms with Crippen molar-refractivity contribution in [2.75, 3.05) is 7.05 Å². The summed E-state index contributed by atoms with van der Waals surface area (Å²) < 4.78 is 0. The highest BCUT2D eigenvalue weighted by atomic mass is 16.3. The third-order valence-corrected chi connectivity index (χ3v) is 4.27. The molecule has 0 fully saturated rings. The minimum atomic E-state index is -0.508. The molecule has 0 radical (unpaired) electrons. The van der Waals surface area contributed by atoms with Crippen LogP contribution in [0.15, 0.2) is 36.5 Å². The first kappa shape index (κ1) is 12.5. The fourth-order valence-electron chi connectivity index (χ4n) is 3.28. The quantitative estimate of drug-likeness (QED) is 0.738. The normalized spacial score (nSPS) is 23.5. The minimum absolute atomic E-state index is 0.0644. The van der Waals surface area contributed by atoms with Crippen molar-refractivity contribution in [1.29, 1.82) is 0 Å². The monoisotopic (exact) mass is 256 g/mol. The van der Waals surface area contributed by atoms with Gasteiger partial charge in [-0.1, -0.05) is 24.3 Å². The molecule has 1 aliphatic rings. The molecule has 3 rings (SSSR count). The van der Waals surface area contributed by atoms with Crippen molar-refractivity contribution in [3.63, 3.8) is 0 Å². The molecule has 0 saturated heterocycles. The molecule has 3 nitrogen and oxygen atoms in total. The summed E-state index contributed by atoms with van der Waals surface area (Å²) in [5.41, 5.74) is 4.52. The number of likely N-dealkylation sites (N-methyl/N-ethyl adjacent to an activating group) is 1. The van der Waals surface area contributed by atoms with Gasteiger partial charge < -0.3 is 15.4 Å². The summed E-state index contributed by atoms with van der Waals surface area (Å²) in [6.45, 7) is 5.81. The van der Waals surface area contributed by atoms with E-state index in [1.54, 1.807) is 0 Å². The summed E-state index contributed by atoms with van der Waals surface area (Å²) >= 11 is 0. The lowest BCUT2D eigenvalue weighted by atomic mass is 9.76. The molecule has 1 heterocycles. The zero-order valence-electron chi connectivity index (χ0n) is 11.4. The number of H-pyrrole nitrogens is 1. The Kier molecular flexibility index (Phi) is 2.96. The smallest absolute Gasteiger partial charge is 0.0828 e. The van der Waals surface area contributed by atoms with Crippen LogP contribution in [0.3, 0.4) is 0 Å². The van der Waals surface area contributed by atoms with Gasteiger partial charge in [0.25, 0.3) is 0 Å². The molecule has 0 amide bonds. The Morgan fingerprint density at radius 3 is 3.00 bits per heavy atom. The van der Waals surface area contributed by atoms with E-state index in [0.717, 1.165) is 17.5 Å². The van der Waals surface area contributed by atoms with Crippen molar-refractivity contribution in [2.24, 2.45) is 0 Å². The Labute approximate surface area is 113 Å². The molecule has 19 heavy (non-hydrogen) atoms. The molecular formula is C16H20N2O. The van der Waals surface area contributed by atoms with Crippen LogP contribution in [0.4, 0.5) is 0 Å². The maximum absolute atomic E-state index is 10.5. The van der Waals surface area contributed by atoms with Gasteiger partial charge in [-0.05, 0) is 37.6 Å². The minimum Gasteiger partial charge on any atom is -0.388 e. The topological polar surface area (TPSA) is 48.0 Å². The van der Waals surface area contributed by atoms with Crippen LogP contribution in [-0.4, -0.2) is 29.3 Å². The van der Waals surface area contributed by atoms with Crippen LogP contribution in [-0.2, 0) is 6.42 Å². The van der Waals surface area contributed by atoms with Gasteiger partial charge in [0, 0.05) is 29.1 Å². The fourth-order valence-corrected chi connectivity index (χ4v) is 3.28. The first-order chi connectivity index (χ1) is 9.13. The lowest BCUT2D eigenvalue weighted by Gasteiger charge is -2.35. The zero-order valence-corrected chi connectivity index (χ0v) is 11.4. The molecule has 100 valence electrons. The second kappa shape index (κ2) is 4.51. The highest BCUT2D eigenvalue weighted by Gasteiger charge is 2.35. The van der Waals surface area contributed by atoms with E-state index in [-0.39, 0.29) is 12.0 Å². The average molecular weight is 256 g/mol. The van der Waals surface area contributed by atoms with Crippen LogP contribution in [0.25, 0.3) is 10.9 Å². The van der Waals surface area contributed by atoms with Crippen LogP contribution in [0.1, 0.15) is 24.0 Å². The third kappa shape index (κ3) is 1.81. The Morgan fingerprint density at radius 2 is 2.32 bits per heavy atom. The number of aromatic amines is 1. The maximum Gasteiger partial charge on any atom is 0.0828 e. The van der Waals surface area contributed by atoms with Crippen molar-refractivity contribution >= 4 is 10.9 Å². The van der Waals surface area contributed by atoms with E-state index in [1.807, 2.05) is 20.0 Å². The summed E-state index contributed by atoms with van der Waals surface area (Å²) in [6.07, 6.45) is 2.51. The molecule has 1 aliphatic carbocycles. The van der Waals surface area contributed by atoms with Gasteiger partial charge in [0.2, 0.25) is 0 Å². The molecule has 0 bridgehead atoms. The average Bonchev–Trinajstić information content (AvgIpc) is 2.82. The Bertz CT molecular complexity index is 629. The molecular weight excluding hydrogens is 236 g/mol. The Hall–Kier alpha value is -1.58. The predicted molar refractivity (Wildman–Crippen MR) is 78.4 cm³/mol. The van der Waals surface area contributed by atoms with E-state index in [4.69, 9.17) is 0 Å². The van der Waals surface area contributed by atoms with Crippen LogP contribution in [0.5, 0.6) is 0 Å². The number of aliphatic hydroxyl groups is 1. The van der Waals surface area contributed by atoms with Crippen molar-refractivity contribution < 1.29 is 5.11 Å². The fraction of sp³-hybridized carbons (Fsp3) is 0.375. The second-order valence-electron chi connectivity index (χ2n) is 5.50. The van der Waals surface area contributed by atoms with Crippen molar-refractivity contribution in [1.82, 2.24) is 10.3 Å². The molecule has 3 atom stereocenters. The summed E-state index contributed by atoms with van der Waals surface area (Å²) in [5.74, 6) is 0.0644. The van der Waals surface area contributed by atoms with Crippen molar-refractivity contribution in [3.8, 4) is 0 Å². The van der Waals surface area contributed by atoms with Crippen LogP contribution in [0.2, 0.25) is 0 Å². The predicted octanol–water partition coefficient (Wildman–Crippen LogP) is 2.33. The van der Waals surface area contributed by atoms with Gasteiger partial charge in [-0.25, -0.2) is 0 Å². The van der Waals surface area contributed by atoms with Gasteiger partial charge in [0.1, 0.15) is 0 Å². The zero-order chi connectivity index (χ0) is 13.6. The van der Waals surface area contributed by atoms with E-state index in [0.29, 0.717) is 0 Å². The summed E-state index contributed by atoms with van der Waals surface area (Å²) in [7, 11) is 1.96. The number of aliphatic hydroxyl groups excluding tert-OH is 1. The van der Waals surface area contributed by atoms with E-state index < -0.39 is 6.10 Å². The molecule has 2 aromatic rings. The van der Waals surface area contributed by atoms with Gasteiger partial charge in [0.15, 0.2) is 0 Å². The second-order valence-corrected chi connectivity index (χ2v) is 5.50. The summed E-state index contributed by atoms with van der Waals surface area (Å²) in [4.78, 5) is 3.32. The number of hydrogen-bond donors (Lipinski definition) is 3. The van der Waals surface area contributed by atoms with E-state index in [9.17, 15) is 5.11 Å². The lowest BCUT2D eigenvalue weighted by Crippen LogP contribution is -2.42. The largest absolute Gasteiger partial charge is 0.388 e. The van der Waals surface area contributed by atoms with Gasteiger partial charge in [-0.3, -0.25) is 0 Å². The highest BCUT2D eigenvalue weighted by Crippen LogP contribution is 2.39. The van der Waals surface area contributed by atoms with Gasteiger partial charge in [-0.15, -0.1) is 0 Å². The summed E-state index contributed by atoms with van der Waals surface area (Å²) in [6, 6.07) is 6.50. The first-order valence-electron chi connectivity index (χ1n) is 6.73. The van der Waals surface area contributed by atoms with Gasteiger partial charge in [0.05, 0.1) is 6.10 Å². The van der Waals surface area contributed by atoms with E-state index in [1.165, 1.54) is 16.5 Å². The van der Waals surface area contributed by atoms with Gasteiger partial charge in [-0.2, -0.15) is 0 Å². The molecule has 3 N–H and O–H groups in total. The molecule has 0 aliphatic heterocycles. The summed E-state index contributed by atoms with van der Waals surface area (Å²) in [5, 5.41) is 15.1. The standard InChI is InChI=1S/C16H20N2O/c1-9(2)16(19)15-11-5-4-6-12-14(11)10(8-18-12)7-13(15)17-3/h4-6,8,13,15-19H,1,7H2,2-3H3/t13-,15?,16?/m1/s1. The number of rotatable bonds is 3. The number of aromatic nitrogens is 1. The molecule has 2 unspecified atom stereocenters. The van der Waals surface area contributed by atoms with Crippen LogP contribution in [0, 0.1) is 0 Å². The van der Waals surface area contributed by atoms with Crippen LogP contribution < -0.4 is 5.32 Å². The number of nitrogens with one attached hydrogen (secondary N) is 2. The number of hydrogen-bond acceptors (Lipinski definition) is 2. The highest BCUT2D eigenvalue weighted by molar-refractivity contribution is 5.88. The lowest BCUT2D eigenvalue weighted by molar-refractivity contribution is 0.157. The van der Waals surface area contributed by atoms with Gasteiger partial charge >= 0.3 is 0 Å². The molecule has 0 saturated carbocycles. The van der Waals surface area contributed by atoms with Crippen molar-refractivity contribution in [2.45, 2.75) is 31.4 Å². The first-order valence-corrected chi connectivity index (χ1v) is 6.73. The Morgan fingerprint density at radius 1 is 1.53 bits per heavy atom. The number of benzene rings is 1. The van der Waals surface area contributed by atoms with Crippen LogP contribution >= 0.6 is 0 Å². The molecule has 1 aromatic carbocycles. The van der Waals surface area contributed by atoms with E-state index >= 15 is 0 Å². The van der Waals surface area contributed by atoms with Crippen molar-refractivity contribution in [3.05, 3.63) is 47.7 Å². The molecule has 1 aromatic heterocycles. The third-order valence-electron chi connectivity index (χ3n) is 4.27. The van der Waals surface area contributed by atoms with E-state index in [2.05, 4.69) is 35.2 Å². The molecule has 0 spiro atoms. The maximum atomic E-state index is 10.5. The molecule has 3 heteroatoms. The SMILES string of the molecule is C=C(C)C(O)C1c2cccc3[nH]cc(c23)C[C@H]1NC. The Balaban J connectivity index is 2.20.